The highest BCUT2D eigenvalue weighted by Gasteiger charge is 2.09. The Morgan fingerprint density at radius 3 is 2.71 bits per heavy atom. The van der Waals surface area contributed by atoms with Gasteiger partial charge in [-0.1, -0.05) is 30.3 Å². The first-order chi connectivity index (χ1) is 10.1. The predicted molar refractivity (Wildman–Crippen MR) is 82.1 cm³/mol. The lowest BCUT2D eigenvalue weighted by molar-refractivity contribution is -0.118. The lowest BCUT2D eigenvalue weighted by Gasteiger charge is -2.13. The van der Waals surface area contributed by atoms with Crippen LogP contribution in [0.25, 0.3) is 0 Å². The number of aliphatic hydroxyl groups excluding tert-OH is 1. The van der Waals surface area contributed by atoms with Crippen LogP contribution >= 0.6 is 0 Å². The number of carbonyl (C=O) groups excluding carboxylic acids is 1. The van der Waals surface area contributed by atoms with E-state index in [1.807, 2.05) is 19.1 Å². The van der Waals surface area contributed by atoms with E-state index in [0.717, 1.165) is 5.56 Å². The molecule has 0 fully saturated rings. The summed E-state index contributed by atoms with van der Waals surface area (Å²) < 4.78 is 5.43. The second-order valence-electron chi connectivity index (χ2n) is 4.64. The first-order valence-corrected chi connectivity index (χ1v) is 6.58. The second kappa shape index (κ2) is 6.76. The van der Waals surface area contributed by atoms with Gasteiger partial charge in [0.25, 0.3) is 5.91 Å². The molecule has 0 heterocycles. The number of anilines is 2. The molecule has 0 aliphatic carbocycles. The van der Waals surface area contributed by atoms with Crippen molar-refractivity contribution in [3.05, 3.63) is 53.6 Å². The number of hydrogen-bond acceptors (Lipinski definition) is 4. The Hall–Kier alpha value is -2.53. The summed E-state index contributed by atoms with van der Waals surface area (Å²) in [6.07, 6.45) is 0. The number of nitrogens with two attached hydrogens (primary N) is 1. The number of benzene rings is 2. The molecular weight excluding hydrogens is 268 g/mol. The largest absolute Gasteiger partial charge is 0.483 e. The van der Waals surface area contributed by atoms with Crippen molar-refractivity contribution in [2.45, 2.75) is 13.5 Å². The van der Waals surface area contributed by atoms with Gasteiger partial charge in [0.1, 0.15) is 5.75 Å². The van der Waals surface area contributed by atoms with Gasteiger partial charge in [-0.05, 0) is 24.6 Å². The van der Waals surface area contributed by atoms with Crippen molar-refractivity contribution in [1.29, 1.82) is 0 Å². The third kappa shape index (κ3) is 3.73. The molecule has 2 aromatic carbocycles. The van der Waals surface area contributed by atoms with Gasteiger partial charge < -0.3 is 20.9 Å². The number of nitrogen functional groups attached to an aromatic ring is 1. The molecule has 0 saturated heterocycles. The minimum absolute atomic E-state index is 0.136. The summed E-state index contributed by atoms with van der Waals surface area (Å²) in [6.45, 7) is 1.58. The zero-order valence-corrected chi connectivity index (χ0v) is 11.8. The first-order valence-electron chi connectivity index (χ1n) is 6.58. The van der Waals surface area contributed by atoms with E-state index in [1.165, 1.54) is 0 Å². The molecule has 110 valence electrons. The molecule has 0 bridgehead atoms. The molecule has 0 saturated carbocycles. The Labute approximate surface area is 123 Å². The van der Waals surface area contributed by atoms with E-state index in [1.54, 1.807) is 30.3 Å². The van der Waals surface area contributed by atoms with Gasteiger partial charge in [0, 0.05) is 5.56 Å². The fourth-order valence-corrected chi connectivity index (χ4v) is 1.96. The summed E-state index contributed by atoms with van der Waals surface area (Å²) in [5, 5.41) is 11.9. The van der Waals surface area contributed by atoms with E-state index in [9.17, 15) is 9.90 Å². The standard InChI is InChI=1S/C16H18N2O3/c1-11-5-4-7-13(17)16(11)18-15(20)10-21-14-8-3-2-6-12(14)9-19/h2-8,19H,9-10,17H2,1H3,(H,18,20). The molecule has 0 spiro atoms. The Balaban J connectivity index is 1.99. The summed E-state index contributed by atoms with van der Waals surface area (Å²) >= 11 is 0. The SMILES string of the molecule is Cc1cccc(N)c1NC(=O)COc1ccccc1CO. The van der Waals surface area contributed by atoms with Crippen molar-refractivity contribution >= 4 is 17.3 Å². The van der Waals surface area contributed by atoms with Crippen molar-refractivity contribution in [3.63, 3.8) is 0 Å². The summed E-state index contributed by atoms with van der Waals surface area (Å²) in [7, 11) is 0. The average Bonchev–Trinajstić information content (AvgIpc) is 2.49. The smallest absolute Gasteiger partial charge is 0.262 e. The molecule has 0 aliphatic heterocycles. The van der Waals surface area contributed by atoms with E-state index < -0.39 is 0 Å². The van der Waals surface area contributed by atoms with Crippen molar-refractivity contribution in [3.8, 4) is 5.75 Å². The number of amides is 1. The zero-order valence-electron chi connectivity index (χ0n) is 11.8. The van der Waals surface area contributed by atoms with Crippen LogP contribution in [0.1, 0.15) is 11.1 Å². The highest BCUT2D eigenvalue weighted by molar-refractivity contribution is 5.95. The highest BCUT2D eigenvalue weighted by Crippen LogP contribution is 2.22. The van der Waals surface area contributed by atoms with Gasteiger partial charge in [-0.15, -0.1) is 0 Å². The van der Waals surface area contributed by atoms with Gasteiger partial charge in [-0.25, -0.2) is 0 Å². The monoisotopic (exact) mass is 286 g/mol. The van der Waals surface area contributed by atoms with Crippen LogP contribution < -0.4 is 15.8 Å². The molecule has 2 rings (SSSR count). The van der Waals surface area contributed by atoms with Gasteiger partial charge in [0.15, 0.2) is 6.61 Å². The van der Waals surface area contributed by atoms with Crippen molar-refractivity contribution in [2.24, 2.45) is 0 Å². The Morgan fingerprint density at radius 1 is 1.24 bits per heavy atom. The number of rotatable bonds is 5. The second-order valence-corrected chi connectivity index (χ2v) is 4.64. The van der Waals surface area contributed by atoms with E-state index in [4.69, 9.17) is 10.5 Å². The van der Waals surface area contributed by atoms with Crippen LogP contribution in [-0.2, 0) is 11.4 Å². The molecule has 5 nitrogen and oxygen atoms in total. The first kappa shape index (κ1) is 14.9. The van der Waals surface area contributed by atoms with Gasteiger partial charge in [0.05, 0.1) is 18.0 Å². The average molecular weight is 286 g/mol. The lowest BCUT2D eigenvalue weighted by Crippen LogP contribution is -2.21. The van der Waals surface area contributed by atoms with Crippen molar-refractivity contribution < 1.29 is 14.6 Å². The van der Waals surface area contributed by atoms with Crippen LogP contribution in [0.4, 0.5) is 11.4 Å². The quantitative estimate of drug-likeness (QED) is 0.735. The molecule has 21 heavy (non-hydrogen) atoms. The minimum Gasteiger partial charge on any atom is -0.483 e. The Bertz CT molecular complexity index is 621. The minimum atomic E-state index is -0.302. The molecule has 4 N–H and O–H groups in total. The van der Waals surface area contributed by atoms with Gasteiger partial charge in [-0.2, -0.15) is 0 Å². The third-order valence-electron chi connectivity index (χ3n) is 3.07. The van der Waals surface area contributed by atoms with E-state index in [0.29, 0.717) is 22.7 Å². The molecule has 1 amide bonds. The van der Waals surface area contributed by atoms with E-state index in [2.05, 4.69) is 5.32 Å². The van der Waals surface area contributed by atoms with Crippen LogP contribution in [0.2, 0.25) is 0 Å². The maximum Gasteiger partial charge on any atom is 0.262 e. The molecule has 0 atom stereocenters. The molecule has 0 aliphatic rings. The molecule has 0 unspecified atom stereocenters. The fourth-order valence-electron chi connectivity index (χ4n) is 1.96. The van der Waals surface area contributed by atoms with E-state index >= 15 is 0 Å². The molecule has 2 aromatic rings. The summed E-state index contributed by atoms with van der Waals surface area (Å²) in [5.41, 5.74) is 8.47. The number of ether oxygens (including phenoxy) is 1. The Kier molecular flexibility index (Phi) is 4.79. The molecule has 0 radical (unpaired) electrons. The number of nitrogens with one attached hydrogen (secondary N) is 1. The van der Waals surface area contributed by atoms with Crippen LogP contribution in [0.5, 0.6) is 5.75 Å². The molecule has 5 heteroatoms. The van der Waals surface area contributed by atoms with Crippen molar-refractivity contribution in [1.82, 2.24) is 0 Å². The van der Waals surface area contributed by atoms with Crippen LogP contribution in [-0.4, -0.2) is 17.6 Å². The summed E-state index contributed by atoms with van der Waals surface area (Å²) in [5.74, 6) is 0.191. The van der Waals surface area contributed by atoms with Crippen LogP contribution in [0.15, 0.2) is 42.5 Å². The van der Waals surface area contributed by atoms with Gasteiger partial charge in [0.2, 0.25) is 0 Å². The summed E-state index contributed by atoms with van der Waals surface area (Å²) in [6, 6.07) is 12.5. The number of hydrogen-bond donors (Lipinski definition) is 3. The lowest BCUT2D eigenvalue weighted by atomic mass is 10.1. The molecular formula is C16H18N2O3. The van der Waals surface area contributed by atoms with Gasteiger partial charge in [-0.3, -0.25) is 4.79 Å². The maximum atomic E-state index is 11.9. The predicted octanol–water partition coefficient (Wildman–Crippen LogP) is 2.09. The number of aryl methyl sites for hydroxylation is 1. The summed E-state index contributed by atoms with van der Waals surface area (Å²) in [4.78, 5) is 11.9. The Morgan fingerprint density at radius 2 is 2.00 bits per heavy atom. The van der Waals surface area contributed by atoms with Crippen LogP contribution in [0, 0.1) is 6.92 Å². The number of aliphatic hydroxyl groups is 1. The number of para-hydroxylation sites is 2. The van der Waals surface area contributed by atoms with Crippen molar-refractivity contribution in [2.75, 3.05) is 17.7 Å². The van der Waals surface area contributed by atoms with Crippen LogP contribution in [0.3, 0.4) is 0 Å². The zero-order chi connectivity index (χ0) is 15.2. The maximum absolute atomic E-state index is 11.9. The topological polar surface area (TPSA) is 84.6 Å². The molecule has 0 aromatic heterocycles. The highest BCUT2D eigenvalue weighted by atomic mass is 16.5. The fraction of sp³-hybridized carbons (Fsp3) is 0.188. The third-order valence-corrected chi connectivity index (χ3v) is 3.07. The van der Waals surface area contributed by atoms with E-state index in [-0.39, 0.29) is 19.1 Å². The van der Waals surface area contributed by atoms with Gasteiger partial charge >= 0.3 is 0 Å². The number of carbonyl (C=O) groups is 1. The normalized spacial score (nSPS) is 10.2.